The first-order chi connectivity index (χ1) is 9.95. The zero-order valence-electron chi connectivity index (χ0n) is 12.8. The van der Waals surface area contributed by atoms with Crippen molar-refractivity contribution in [1.82, 2.24) is 4.90 Å². The van der Waals surface area contributed by atoms with E-state index in [-0.39, 0.29) is 11.8 Å². The molecule has 1 fully saturated rings. The van der Waals surface area contributed by atoms with Gasteiger partial charge in [0.05, 0.1) is 11.0 Å². The van der Waals surface area contributed by atoms with Crippen LogP contribution in [0, 0.1) is 10.1 Å². The Kier molecular flexibility index (Phi) is 5.01. The van der Waals surface area contributed by atoms with Crippen LogP contribution in [0.1, 0.15) is 26.7 Å². The van der Waals surface area contributed by atoms with E-state index in [4.69, 9.17) is 4.74 Å². The summed E-state index contributed by atoms with van der Waals surface area (Å²) >= 11 is 0. The molecular formula is C15H23N3O3. The molecule has 1 aliphatic heterocycles. The number of anilines is 1. The molecule has 1 aromatic rings. The molecule has 1 atom stereocenters. The lowest BCUT2D eigenvalue weighted by Gasteiger charge is -2.31. The fraction of sp³-hybridized carbons (Fsp3) is 0.600. The van der Waals surface area contributed by atoms with Gasteiger partial charge in [0.2, 0.25) is 0 Å². The maximum absolute atomic E-state index is 11.0. The minimum atomic E-state index is -0.407. The summed E-state index contributed by atoms with van der Waals surface area (Å²) in [6.07, 6.45) is 2.18. The predicted molar refractivity (Wildman–Crippen MR) is 83.0 cm³/mol. The highest BCUT2D eigenvalue weighted by molar-refractivity contribution is 5.58. The molecule has 0 aromatic heterocycles. The Labute approximate surface area is 125 Å². The molecule has 1 saturated heterocycles. The van der Waals surface area contributed by atoms with E-state index in [0.29, 0.717) is 11.8 Å². The number of nitrogens with zero attached hydrogens (tertiary/aromatic N) is 2. The largest absolute Gasteiger partial charge is 0.484 e. The van der Waals surface area contributed by atoms with Gasteiger partial charge in [-0.3, -0.25) is 10.1 Å². The topological polar surface area (TPSA) is 67.6 Å². The fourth-order valence-corrected chi connectivity index (χ4v) is 2.62. The van der Waals surface area contributed by atoms with Crippen LogP contribution in [0.2, 0.25) is 0 Å². The molecule has 1 N–H and O–H groups in total. The van der Waals surface area contributed by atoms with Crippen molar-refractivity contribution in [2.45, 2.75) is 38.8 Å². The van der Waals surface area contributed by atoms with Crippen molar-refractivity contribution in [2.24, 2.45) is 0 Å². The lowest BCUT2D eigenvalue weighted by molar-refractivity contribution is -0.386. The molecule has 0 spiro atoms. The number of piperidine rings is 1. The van der Waals surface area contributed by atoms with Crippen LogP contribution in [0.4, 0.5) is 11.4 Å². The summed E-state index contributed by atoms with van der Waals surface area (Å²) < 4.78 is 5.57. The third-order valence-corrected chi connectivity index (χ3v) is 3.51. The Balaban J connectivity index is 2.14. The summed E-state index contributed by atoms with van der Waals surface area (Å²) in [6, 6.07) is 5.36. The molecule has 6 nitrogen and oxygen atoms in total. The molecule has 0 radical (unpaired) electrons. The van der Waals surface area contributed by atoms with Crippen LogP contribution < -0.4 is 10.1 Å². The molecule has 0 aliphatic carbocycles. The highest BCUT2D eigenvalue weighted by Gasteiger charge is 2.20. The van der Waals surface area contributed by atoms with Crippen molar-refractivity contribution in [3.05, 3.63) is 28.3 Å². The van der Waals surface area contributed by atoms with Gasteiger partial charge in [-0.25, -0.2) is 0 Å². The van der Waals surface area contributed by atoms with Gasteiger partial charge in [0.25, 0.3) is 0 Å². The summed E-state index contributed by atoms with van der Waals surface area (Å²) in [5, 5.41) is 14.5. The number of nitro groups is 1. The Morgan fingerprint density at radius 3 is 2.86 bits per heavy atom. The van der Waals surface area contributed by atoms with Crippen molar-refractivity contribution < 1.29 is 9.66 Å². The first kappa shape index (κ1) is 15.6. The molecule has 2 rings (SSSR count). The van der Waals surface area contributed by atoms with Gasteiger partial charge in [0.1, 0.15) is 0 Å². The molecule has 21 heavy (non-hydrogen) atoms. The summed E-state index contributed by atoms with van der Waals surface area (Å²) in [5.74, 6) is 0.323. The third kappa shape index (κ3) is 4.32. The maximum atomic E-state index is 11.0. The highest BCUT2D eigenvalue weighted by atomic mass is 16.6. The summed E-state index contributed by atoms with van der Waals surface area (Å²) in [5.41, 5.74) is 0.881. The SMILES string of the molecule is CC(C)Oc1cc(NC2CCCN(C)C2)ccc1[N+](=O)[O-]. The van der Waals surface area contributed by atoms with Crippen LogP contribution in [-0.2, 0) is 0 Å². The van der Waals surface area contributed by atoms with Gasteiger partial charge in [0, 0.05) is 30.4 Å². The van der Waals surface area contributed by atoms with E-state index in [1.807, 2.05) is 13.8 Å². The second kappa shape index (κ2) is 6.76. The third-order valence-electron chi connectivity index (χ3n) is 3.51. The van der Waals surface area contributed by atoms with Crippen molar-refractivity contribution in [1.29, 1.82) is 0 Å². The van der Waals surface area contributed by atoms with Crippen LogP contribution in [0.5, 0.6) is 5.75 Å². The van der Waals surface area contributed by atoms with E-state index in [0.717, 1.165) is 31.6 Å². The zero-order chi connectivity index (χ0) is 15.4. The van der Waals surface area contributed by atoms with Crippen molar-refractivity contribution in [3.8, 4) is 5.75 Å². The lowest BCUT2D eigenvalue weighted by atomic mass is 10.1. The van der Waals surface area contributed by atoms with E-state index >= 15 is 0 Å². The minimum Gasteiger partial charge on any atom is -0.484 e. The van der Waals surface area contributed by atoms with Gasteiger partial charge in [0.15, 0.2) is 5.75 Å². The normalized spacial score (nSPS) is 19.5. The molecular weight excluding hydrogens is 270 g/mol. The number of likely N-dealkylation sites (tertiary alicyclic amines) is 1. The number of hydrogen-bond acceptors (Lipinski definition) is 5. The molecule has 1 unspecified atom stereocenters. The Bertz CT molecular complexity index is 505. The number of nitro benzene ring substituents is 1. The molecule has 1 heterocycles. The van der Waals surface area contributed by atoms with Crippen LogP contribution in [0.3, 0.4) is 0 Å². The smallest absolute Gasteiger partial charge is 0.311 e. The van der Waals surface area contributed by atoms with Crippen molar-refractivity contribution in [3.63, 3.8) is 0 Å². The first-order valence-corrected chi connectivity index (χ1v) is 7.36. The fourth-order valence-electron chi connectivity index (χ4n) is 2.62. The van der Waals surface area contributed by atoms with Crippen molar-refractivity contribution >= 4 is 11.4 Å². The Hall–Kier alpha value is -1.82. The van der Waals surface area contributed by atoms with Gasteiger partial charge in [-0.05, 0) is 46.3 Å². The Morgan fingerprint density at radius 1 is 1.48 bits per heavy atom. The first-order valence-electron chi connectivity index (χ1n) is 7.36. The average Bonchev–Trinajstić information content (AvgIpc) is 2.37. The number of likely N-dealkylation sites (N-methyl/N-ethyl adjacent to an activating group) is 1. The van der Waals surface area contributed by atoms with Crippen LogP contribution in [0.15, 0.2) is 18.2 Å². The van der Waals surface area contributed by atoms with E-state index < -0.39 is 4.92 Å². The Morgan fingerprint density at radius 2 is 2.24 bits per heavy atom. The monoisotopic (exact) mass is 293 g/mol. The second-order valence-electron chi connectivity index (χ2n) is 5.85. The molecule has 1 aliphatic rings. The second-order valence-corrected chi connectivity index (χ2v) is 5.85. The minimum absolute atomic E-state index is 0.00927. The summed E-state index contributed by atoms with van der Waals surface area (Å²) in [7, 11) is 2.11. The van der Waals surface area contributed by atoms with Gasteiger partial charge in [-0.2, -0.15) is 0 Å². The van der Waals surface area contributed by atoms with E-state index in [1.165, 1.54) is 6.07 Å². The van der Waals surface area contributed by atoms with E-state index in [1.54, 1.807) is 12.1 Å². The number of hydrogen-bond donors (Lipinski definition) is 1. The number of benzene rings is 1. The lowest BCUT2D eigenvalue weighted by Crippen LogP contribution is -2.39. The maximum Gasteiger partial charge on any atom is 0.311 e. The molecule has 6 heteroatoms. The van der Waals surface area contributed by atoms with Gasteiger partial charge >= 0.3 is 5.69 Å². The van der Waals surface area contributed by atoms with Gasteiger partial charge < -0.3 is 15.0 Å². The summed E-state index contributed by atoms with van der Waals surface area (Å²) in [6.45, 7) is 5.83. The van der Waals surface area contributed by atoms with E-state index in [9.17, 15) is 10.1 Å². The van der Waals surface area contributed by atoms with E-state index in [2.05, 4.69) is 17.3 Å². The quantitative estimate of drug-likeness (QED) is 0.668. The standard InChI is InChI=1S/C15H23N3O3/c1-11(2)21-15-9-12(6-7-14(15)18(19)20)16-13-5-4-8-17(3)10-13/h6-7,9,11,13,16H,4-5,8,10H2,1-3H3. The van der Waals surface area contributed by atoms with Crippen LogP contribution in [0.25, 0.3) is 0 Å². The average molecular weight is 293 g/mol. The number of nitrogens with one attached hydrogen (secondary N) is 1. The number of rotatable bonds is 5. The van der Waals surface area contributed by atoms with Gasteiger partial charge in [-0.1, -0.05) is 0 Å². The predicted octanol–water partition coefficient (Wildman–Crippen LogP) is 2.89. The molecule has 0 amide bonds. The highest BCUT2D eigenvalue weighted by Crippen LogP contribution is 2.31. The molecule has 0 saturated carbocycles. The molecule has 0 bridgehead atoms. The van der Waals surface area contributed by atoms with Gasteiger partial charge in [-0.15, -0.1) is 0 Å². The summed E-state index contributed by atoms with van der Waals surface area (Å²) in [4.78, 5) is 12.9. The van der Waals surface area contributed by atoms with Crippen LogP contribution >= 0.6 is 0 Å². The zero-order valence-corrected chi connectivity index (χ0v) is 12.8. The number of ether oxygens (including phenoxy) is 1. The molecule has 116 valence electrons. The van der Waals surface area contributed by atoms with Crippen LogP contribution in [-0.4, -0.2) is 42.1 Å². The molecule has 1 aromatic carbocycles. The van der Waals surface area contributed by atoms with Crippen molar-refractivity contribution in [2.75, 3.05) is 25.5 Å².